The molecule has 1 fully saturated rings. The molecule has 1 aliphatic heterocycles. The number of hydrogen-bond acceptors (Lipinski definition) is 5. The van der Waals surface area contributed by atoms with Gasteiger partial charge in [0, 0.05) is 11.9 Å². The third kappa shape index (κ3) is 4.79. The van der Waals surface area contributed by atoms with Crippen molar-refractivity contribution >= 4 is 16.9 Å². The molecule has 1 saturated heterocycles. The maximum atomic E-state index is 13.7. The summed E-state index contributed by atoms with van der Waals surface area (Å²) in [6.07, 6.45) is 0.757. The molecule has 154 valence electrons. The van der Waals surface area contributed by atoms with Crippen molar-refractivity contribution in [2.45, 2.75) is 57.0 Å². The predicted molar refractivity (Wildman–Crippen MR) is 104 cm³/mol. The van der Waals surface area contributed by atoms with Crippen LogP contribution in [-0.2, 0) is 9.53 Å². The molecular formula is C20H28F2N4O2. The zero-order chi connectivity index (χ0) is 20.1. The number of piperidine rings is 1. The van der Waals surface area contributed by atoms with Crippen LogP contribution < -0.4 is 5.43 Å². The average molecular weight is 394 g/mol. The van der Waals surface area contributed by atoms with Gasteiger partial charge >= 0.3 is 5.97 Å². The second kappa shape index (κ2) is 9.32. The molecule has 4 atom stereocenters. The molecule has 0 aliphatic carbocycles. The summed E-state index contributed by atoms with van der Waals surface area (Å²) in [6.45, 7) is 2.53. The Morgan fingerprint density at radius 1 is 1.36 bits per heavy atom. The van der Waals surface area contributed by atoms with Crippen molar-refractivity contribution in [3.05, 3.63) is 30.5 Å². The van der Waals surface area contributed by atoms with Crippen molar-refractivity contribution < 1.29 is 18.3 Å². The summed E-state index contributed by atoms with van der Waals surface area (Å²) in [6, 6.07) is 7.44. The number of alkyl halides is 2. The van der Waals surface area contributed by atoms with E-state index in [9.17, 15) is 13.6 Å². The van der Waals surface area contributed by atoms with Crippen LogP contribution in [0.15, 0.2) is 30.5 Å². The minimum atomic E-state index is -1.57. The van der Waals surface area contributed by atoms with E-state index in [0.717, 1.165) is 30.3 Å². The molecule has 0 bridgehead atoms. The number of ether oxygens (including phenoxy) is 1. The van der Waals surface area contributed by atoms with Gasteiger partial charge in [0.2, 0.25) is 0 Å². The number of methoxy groups -OCH3 is 1. The van der Waals surface area contributed by atoms with E-state index in [2.05, 4.69) is 10.5 Å². The van der Waals surface area contributed by atoms with Crippen molar-refractivity contribution in [1.29, 1.82) is 0 Å². The van der Waals surface area contributed by atoms with Gasteiger partial charge < -0.3 is 10.2 Å². The first-order valence-electron chi connectivity index (χ1n) is 9.79. The number of esters is 1. The van der Waals surface area contributed by atoms with E-state index in [-0.39, 0.29) is 18.9 Å². The van der Waals surface area contributed by atoms with E-state index in [1.807, 2.05) is 29.2 Å². The number of aromatic nitrogens is 2. The van der Waals surface area contributed by atoms with Gasteiger partial charge in [-0.2, -0.15) is 9.89 Å². The summed E-state index contributed by atoms with van der Waals surface area (Å²) in [4.78, 5) is 16.0. The lowest BCUT2D eigenvalue weighted by atomic mass is 10.00. The van der Waals surface area contributed by atoms with Crippen LogP contribution >= 0.6 is 0 Å². The first kappa shape index (κ1) is 20.5. The van der Waals surface area contributed by atoms with Crippen LogP contribution in [0.25, 0.3) is 10.9 Å². The fourth-order valence-corrected chi connectivity index (χ4v) is 3.77. The minimum absolute atomic E-state index is 0.00414. The van der Waals surface area contributed by atoms with Gasteiger partial charge in [0.15, 0.2) is 0 Å². The number of carbonyl (C=O) groups is 1. The van der Waals surface area contributed by atoms with Crippen LogP contribution in [0.2, 0.25) is 0 Å². The summed E-state index contributed by atoms with van der Waals surface area (Å²) < 4.78 is 31.8. The maximum Gasteiger partial charge on any atom is 0.323 e. The van der Waals surface area contributed by atoms with Gasteiger partial charge in [-0.05, 0) is 45.2 Å². The van der Waals surface area contributed by atoms with Gasteiger partial charge in [-0.15, -0.1) is 0 Å². The lowest BCUT2D eigenvalue weighted by Gasteiger charge is -2.37. The highest BCUT2D eigenvalue weighted by Gasteiger charge is 2.32. The number of benzene rings is 1. The van der Waals surface area contributed by atoms with Crippen LogP contribution in [0.3, 0.4) is 0 Å². The van der Waals surface area contributed by atoms with Gasteiger partial charge in [-0.3, -0.25) is 9.69 Å². The Labute approximate surface area is 163 Å². The SMILES string of the molecule is COC(=O)C(CCC(F)C(C)F)N1CCCC(Nn2ncc3ccccc32)C1. The quantitative estimate of drug-likeness (QED) is 0.698. The second-order valence-electron chi connectivity index (χ2n) is 7.39. The zero-order valence-corrected chi connectivity index (χ0v) is 16.4. The first-order chi connectivity index (χ1) is 13.5. The van der Waals surface area contributed by atoms with Crippen LogP contribution in [0.4, 0.5) is 8.78 Å². The zero-order valence-electron chi connectivity index (χ0n) is 16.4. The highest BCUT2D eigenvalue weighted by Crippen LogP contribution is 2.21. The largest absolute Gasteiger partial charge is 0.468 e. The van der Waals surface area contributed by atoms with Crippen molar-refractivity contribution in [3.63, 3.8) is 0 Å². The Balaban J connectivity index is 1.66. The normalized spacial score (nSPS) is 21.2. The molecule has 8 heteroatoms. The van der Waals surface area contributed by atoms with Crippen molar-refractivity contribution in [2.75, 3.05) is 25.6 Å². The molecule has 0 spiro atoms. The summed E-state index contributed by atoms with van der Waals surface area (Å²) in [5.74, 6) is -0.399. The molecule has 1 N–H and O–H groups in total. The van der Waals surface area contributed by atoms with E-state index in [1.54, 1.807) is 11.0 Å². The van der Waals surface area contributed by atoms with Crippen LogP contribution in [0.1, 0.15) is 32.6 Å². The van der Waals surface area contributed by atoms with E-state index < -0.39 is 24.4 Å². The molecular weight excluding hydrogens is 366 g/mol. The van der Waals surface area contributed by atoms with E-state index in [0.29, 0.717) is 6.54 Å². The number of nitrogens with zero attached hydrogens (tertiary/aromatic N) is 3. The minimum Gasteiger partial charge on any atom is -0.468 e. The molecule has 4 unspecified atom stereocenters. The fourth-order valence-electron chi connectivity index (χ4n) is 3.77. The molecule has 3 rings (SSSR count). The lowest BCUT2D eigenvalue weighted by Crippen LogP contribution is -2.51. The monoisotopic (exact) mass is 394 g/mol. The predicted octanol–water partition coefficient (Wildman–Crippen LogP) is 3.06. The third-order valence-corrected chi connectivity index (χ3v) is 5.36. The molecule has 2 aromatic rings. The van der Waals surface area contributed by atoms with Crippen molar-refractivity contribution in [3.8, 4) is 0 Å². The van der Waals surface area contributed by atoms with Gasteiger partial charge in [0.05, 0.1) is 24.9 Å². The summed E-state index contributed by atoms with van der Waals surface area (Å²) >= 11 is 0. The van der Waals surface area contributed by atoms with Gasteiger partial charge in [0.1, 0.15) is 18.4 Å². The van der Waals surface area contributed by atoms with Crippen LogP contribution in [0.5, 0.6) is 0 Å². The number of halogens is 2. The summed E-state index contributed by atoms with van der Waals surface area (Å²) in [7, 11) is 1.33. The third-order valence-electron chi connectivity index (χ3n) is 5.36. The van der Waals surface area contributed by atoms with E-state index in [4.69, 9.17) is 4.74 Å². The Hall–Kier alpha value is -2.22. The van der Waals surface area contributed by atoms with Crippen LogP contribution in [-0.4, -0.2) is 65.4 Å². The lowest BCUT2D eigenvalue weighted by molar-refractivity contribution is -0.148. The second-order valence-corrected chi connectivity index (χ2v) is 7.39. The van der Waals surface area contributed by atoms with Crippen molar-refractivity contribution in [1.82, 2.24) is 14.8 Å². The molecule has 28 heavy (non-hydrogen) atoms. The summed E-state index contributed by atoms with van der Waals surface area (Å²) in [5, 5.41) is 5.44. The van der Waals surface area contributed by atoms with Gasteiger partial charge in [-0.1, -0.05) is 18.2 Å². The average Bonchev–Trinajstić information content (AvgIpc) is 3.11. The molecule has 0 radical (unpaired) electrons. The van der Waals surface area contributed by atoms with Gasteiger partial charge in [0.25, 0.3) is 0 Å². The molecule has 1 aromatic heterocycles. The Bertz CT molecular complexity index is 782. The molecule has 1 aromatic carbocycles. The smallest absolute Gasteiger partial charge is 0.323 e. The Kier molecular flexibility index (Phi) is 6.83. The van der Waals surface area contributed by atoms with Crippen LogP contribution in [0, 0.1) is 0 Å². The molecule has 2 heterocycles. The van der Waals surface area contributed by atoms with Gasteiger partial charge in [-0.25, -0.2) is 8.78 Å². The highest BCUT2D eigenvalue weighted by molar-refractivity contribution is 5.78. The first-order valence-corrected chi connectivity index (χ1v) is 9.79. The Morgan fingerprint density at radius 3 is 2.89 bits per heavy atom. The number of carbonyl (C=O) groups excluding carboxylic acids is 1. The van der Waals surface area contributed by atoms with E-state index in [1.165, 1.54) is 14.0 Å². The maximum absolute atomic E-state index is 13.7. The molecule has 0 amide bonds. The topological polar surface area (TPSA) is 59.4 Å². The number of hydrogen-bond donors (Lipinski definition) is 1. The van der Waals surface area contributed by atoms with E-state index >= 15 is 0 Å². The van der Waals surface area contributed by atoms with Crippen molar-refractivity contribution in [2.24, 2.45) is 0 Å². The molecule has 6 nitrogen and oxygen atoms in total. The number of likely N-dealkylation sites (tertiary alicyclic amines) is 1. The fraction of sp³-hybridized carbons (Fsp3) is 0.600. The Morgan fingerprint density at radius 2 is 2.14 bits per heavy atom. The summed E-state index contributed by atoms with van der Waals surface area (Å²) in [5.41, 5.74) is 4.39. The standard InChI is InChI=1S/C20H28F2N4O2/c1-14(21)17(22)9-10-19(20(27)28-2)25-11-5-7-16(13-25)24-26-18-8-4-3-6-15(18)12-23-26/h3-4,6,8,12,14,16-17,19,24H,5,7,9-11,13H2,1-2H3. The number of rotatable bonds is 8. The molecule has 1 aliphatic rings. The molecule has 0 saturated carbocycles. The number of para-hydroxylation sites is 1. The number of nitrogens with one attached hydrogen (secondary N) is 1. The highest BCUT2D eigenvalue weighted by atomic mass is 19.2. The number of fused-ring (bicyclic) bond motifs is 1.